The number of hydrogen-bond acceptors (Lipinski definition) is 6. The van der Waals surface area contributed by atoms with E-state index in [0.29, 0.717) is 16.5 Å². The normalized spacial score (nSPS) is 14.1. The molecule has 138 valence electrons. The van der Waals surface area contributed by atoms with Crippen LogP contribution in [-0.4, -0.2) is 31.1 Å². The van der Waals surface area contributed by atoms with Crippen molar-refractivity contribution in [1.29, 1.82) is 0 Å². The van der Waals surface area contributed by atoms with Crippen LogP contribution in [0.4, 0.5) is 5.00 Å². The topological polar surface area (TPSA) is 81.7 Å². The lowest BCUT2D eigenvalue weighted by Gasteiger charge is -2.22. The molecule has 0 spiro atoms. The van der Waals surface area contributed by atoms with Crippen LogP contribution < -0.4 is 5.32 Å². The molecular weight excluding hydrogens is 342 g/mol. The Kier molecular flexibility index (Phi) is 6.99. The molecule has 0 bridgehead atoms. The number of hydrogen-bond donors (Lipinski definition) is 1. The standard InChI is InChI=1S/C18H25NO5S/c1-4-23-18(22)15-13(8-11(2)3)10-25-16(15)19-14(20)9-24-17(21)12-6-5-7-12/h10-12H,4-9H2,1-3H3,(H,19,20). The first-order valence-electron chi connectivity index (χ1n) is 8.66. The number of ether oxygens (including phenoxy) is 2. The average molecular weight is 367 g/mol. The Balaban J connectivity index is 2.01. The molecule has 0 aromatic carbocycles. The van der Waals surface area contributed by atoms with Gasteiger partial charge in [-0.25, -0.2) is 4.79 Å². The Morgan fingerprint density at radius 1 is 1.28 bits per heavy atom. The van der Waals surface area contributed by atoms with E-state index in [-0.39, 0.29) is 25.1 Å². The monoisotopic (exact) mass is 367 g/mol. The van der Waals surface area contributed by atoms with E-state index in [2.05, 4.69) is 19.2 Å². The van der Waals surface area contributed by atoms with Gasteiger partial charge in [-0.05, 0) is 43.0 Å². The van der Waals surface area contributed by atoms with Gasteiger partial charge in [-0.15, -0.1) is 11.3 Å². The summed E-state index contributed by atoms with van der Waals surface area (Å²) in [5.41, 5.74) is 1.26. The van der Waals surface area contributed by atoms with Crippen molar-refractivity contribution >= 4 is 34.2 Å². The molecule has 1 aliphatic carbocycles. The maximum atomic E-state index is 12.3. The molecule has 1 aromatic rings. The molecule has 1 amide bonds. The largest absolute Gasteiger partial charge is 0.462 e. The third-order valence-electron chi connectivity index (χ3n) is 4.01. The highest BCUT2D eigenvalue weighted by Gasteiger charge is 2.27. The van der Waals surface area contributed by atoms with Crippen molar-refractivity contribution in [2.24, 2.45) is 11.8 Å². The van der Waals surface area contributed by atoms with Gasteiger partial charge in [-0.2, -0.15) is 0 Å². The van der Waals surface area contributed by atoms with Gasteiger partial charge in [0.15, 0.2) is 6.61 Å². The predicted octanol–water partition coefficient (Wildman–Crippen LogP) is 3.41. The lowest BCUT2D eigenvalue weighted by atomic mass is 9.86. The smallest absolute Gasteiger partial charge is 0.341 e. The number of carbonyl (C=O) groups excluding carboxylic acids is 3. The van der Waals surface area contributed by atoms with Gasteiger partial charge in [-0.1, -0.05) is 20.3 Å². The summed E-state index contributed by atoms with van der Waals surface area (Å²) in [5.74, 6) is -0.909. The Hall–Kier alpha value is -1.89. The lowest BCUT2D eigenvalue weighted by Crippen LogP contribution is -2.28. The quantitative estimate of drug-likeness (QED) is 0.712. The number of rotatable bonds is 8. The van der Waals surface area contributed by atoms with E-state index in [1.54, 1.807) is 6.92 Å². The molecule has 1 fully saturated rings. The molecule has 0 aliphatic heterocycles. The van der Waals surface area contributed by atoms with Crippen LogP contribution in [0.5, 0.6) is 0 Å². The zero-order valence-electron chi connectivity index (χ0n) is 14.9. The molecule has 2 rings (SSSR count). The first-order chi connectivity index (χ1) is 11.9. The van der Waals surface area contributed by atoms with Crippen LogP contribution in [-0.2, 0) is 25.5 Å². The van der Waals surface area contributed by atoms with Crippen molar-refractivity contribution in [3.05, 3.63) is 16.5 Å². The third-order valence-corrected chi connectivity index (χ3v) is 4.96. The van der Waals surface area contributed by atoms with E-state index in [4.69, 9.17) is 9.47 Å². The molecule has 1 heterocycles. The van der Waals surface area contributed by atoms with Crippen LogP contribution in [0.25, 0.3) is 0 Å². The first-order valence-corrected chi connectivity index (χ1v) is 9.54. The van der Waals surface area contributed by atoms with Crippen molar-refractivity contribution in [3.63, 3.8) is 0 Å². The van der Waals surface area contributed by atoms with Gasteiger partial charge in [0, 0.05) is 0 Å². The molecule has 25 heavy (non-hydrogen) atoms. The number of amides is 1. The van der Waals surface area contributed by atoms with Crippen LogP contribution in [0, 0.1) is 11.8 Å². The first kappa shape index (κ1) is 19.4. The molecule has 6 nitrogen and oxygen atoms in total. The molecule has 0 radical (unpaired) electrons. The highest BCUT2D eigenvalue weighted by atomic mass is 32.1. The Bertz CT molecular complexity index is 633. The minimum Gasteiger partial charge on any atom is -0.462 e. The van der Waals surface area contributed by atoms with Crippen LogP contribution in [0.1, 0.15) is 56.0 Å². The lowest BCUT2D eigenvalue weighted by molar-refractivity contribution is -0.154. The third kappa shape index (κ3) is 5.29. The van der Waals surface area contributed by atoms with Crippen LogP contribution in [0.2, 0.25) is 0 Å². The van der Waals surface area contributed by atoms with E-state index in [1.807, 2.05) is 5.38 Å². The summed E-state index contributed by atoms with van der Waals surface area (Å²) >= 11 is 1.28. The highest BCUT2D eigenvalue weighted by molar-refractivity contribution is 7.15. The summed E-state index contributed by atoms with van der Waals surface area (Å²) in [6.07, 6.45) is 3.41. The molecular formula is C18H25NO5S. The molecule has 0 unspecified atom stereocenters. The van der Waals surface area contributed by atoms with Crippen molar-refractivity contribution in [2.45, 2.75) is 46.5 Å². The van der Waals surface area contributed by atoms with Gasteiger partial charge in [0.05, 0.1) is 18.1 Å². The number of anilines is 1. The molecule has 1 aromatic heterocycles. The summed E-state index contributed by atoms with van der Waals surface area (Å²) in [5, 5.41) is 4.98. The average Bonchev–Trinajstić information content (AvgIpc) is 2.85. The number of esters is 2. The summed E-state index contributed by atoms with van der Waals surface area (Å²) in [6, 6.07) is 0. The van der Waals surface area contributed by atoms with Gasteiger partial charge in [0.25, 0.3) is 5.91 Å². The summed E-state index contributed by atoms with van der Waals surface area (Å²) < 4.78 is 10.2. The maximum absolute atomic E-state index is 12.3. The van der Waals surface area contributed by atoms with Crippen LogP contribution >= 0.6 is 11.3 Å². The van der Waals surface area contributed by atoms with E-state index in [1.165, 1.54) is 11.3 Å². The molecule has 1 saturated carbocycles. The van der Waals surface area contributed by atoms with Crippen molar-refractivity contribution in [2.75, 3.05) is 18.5 Å². The van der Waals surface area contributed by atoms with Gasteiger partial charge in [0.2, 0.25) is 0 Å². The molecule has 0 saturated heterocycles. The van der Waals surface area contributed by atoms with E-state index >= 15 is 0 Å². The Morgan fingerprint density at radius 2 is 2.00 bits per heavy atom. The Labute approximate surface area is 151 Å². The van der Waals surface area contributed by atoms with Crippen LogP contribution in [0.15, 0.2) is 5.38 Å². The minimum atomic E-state index is -0.448. The molecule has 7 heteroatoms. The van der Waals surface area contributed by atoms with Crippen molar-refractivity contribution in [1.82, 2.24) is 0 Å². The van der Waals surface area contributed by atoms with Crippen molar-refractivity contribution < 1.29 is 23.9 Å². The van der Waals surface area contributed by atoms with Gasteiger partial charge >= 0.3 is 11.9 Å². The fourth-order valence-corrected chi connectivity index (χ4v) is 3.54. The fraction of sp³-hybridized carbons (Fsp3) is 0.611. The zero-order chi connectivity index (χ0) is 18.4. The van der Waals surface area contributed by atoms with Gasteiger partial charge < -0.3 is 14.8 Å². The van der Waals surface area contributed by atoms with E-state index < -0.39 is 11.9 Å². The van der Waals surface area contributed by atoms with Crippen LogP contribution in [0.3, 0.4) is 0 Å². The minimum absolute atomic E-state index is 0.0673. The highest BCUT2D eigenvalue weighted by Crippen LogP contribution is 2.31. The van der Waals surface area contributed by atoms with Gasteiger partial charge in [0.1, 0.15) is 5.00 Å². The summed E-state index contributed by atoms with van der Waals surface area (Å²) in [6.45, 7) is 5.79. The number of carbonyl (C=O) groups is 3. The predicted molar refractivity (Wildman–Crippen MR) is 95.7 cm³/mol. The van der Waals surface area contributed by atoms with Crippen molar-refractivity contribution in [3.8, 4) is 0 Å². The van der Waals surface area contributed by atoms with E-state index in [0.717, 1.165) is 31.2 Å². The SMILES string of the molecule is CCOC(=O)c1c(CC(C)C)csc1NC(=O)COC(=O)C1CCC1. The Morgan fingerprint density at radius 3 is 2.56 bits per heavy atom. The van der Waals surface area contributed by atoms with Gasteiger partial charge in [-0.3, -0.25) is 9.59 Å². The maximum Gasteiger partial charge on any atom is 0.341 e. The fourth-order valence-electron chi connectivity index (χ4n) is 2.56. The second-order valence-electron chi connectivity index (χ2n) is 6.57. The number of thiophene rings is 1. The molecule has 1 aliphatic rings. The zero-order valence-corrected chi connectivity index (χ0v) is 15.7. The molecule has 1 N–H and O–H groups in total. The van der Waals surface area contributed by atoms with E-state index in [9.17, 15) is 14.4 Å². The molecule has 0 atom stereocenters. The second-order valence-corrected chi connectivity index (χ2v) is 7.45. The number of nitrogens with one attached hydrogen (secondary N) is 1. The second kappa shape index (κ2) is 8.99. The summed E-state index contributed by atoms with van der Waals surface area (Å²) in [4.78, 5) is 36.0. The summed E-state index contributed by atoms with van der Waals surface area (Å²) in [7, 11) is 0.